The summed E-state index contributed by atoms with van der Waals surface area (Å²) in [6.45, 7) is 2.22. The zero-order valence-electron chi connectivity index (χ0n) is 17.8. The lowest BCUT2D eigenvalue weighted by Crippen LogP contribution is -2.41. The van der Waals surface area contributed by atoms with E-state index in [1.165, 1.54) is 17.5 Å². The lowest BCUT2D eigenvalue weighted by molar-refractivity contribution is 0.0723. The van der Waals surface area contributed by atoms with Gasteiger partial charge in [0, 0.05) is 43.3 Å². The van der Waals surface area contributed by atoms with E-state index >= 15 is 0 Å². The fourth-order valence-corrected chi connectivity index (χ4v) is 4.43. The smallest absolute Gasteiger partial charge is 0.253 e. The van der Waals surface area contributed by atoms with Crippen LogP contribution in [0.15, 0.2) is 48.5 Å². The van der Waals surface area contributed by atoms with Gasteiger partial charge in [0.15, 0.2) is 0 Å². The van der Waals surface area contributed by atoms with Crippen molar-refractivity contribution in [3.63, 3.8) is 0 Å². The van der Waals surface area contributed by atoms with Crippen LogP contribution in [0.5, 0.6) is 0 Å². The maximum absolute atomic E-state index is 12.5. The van der Waals surface area contributed by atoms with Gasteiger partial charge < -0.3 is 20.6 Å². The van der Waals surface area contributed by atoms with Crippen molar-refractivity contribution in [1.29, 1.82) is 0 Å². The van der Waals surface area contributed by atoms with Gasteiger partial charge in [-0.25, -0.2) is 0 Å². The topological polar surface area (TPSA) is 81.7 Å². The number of likely N-dealkylation sites (tertiary alicyclic amines) is 1. The van der Waals surface area contributed by atoms with Crippen molar-refractivity contribution in [3.05, 3.63) is 70.8 Å². The highest BCUT2D eigenvalue weighted by Crippen LogP contribution is 2.21. The standard InChI is InChI=1S/C25H31N3O3/c29-23(16-26-22-14-20-6-2-3-7-21(20)15-22)17-27-24(30)18-8-10-19(11-9-18)25(31)28-12-4-1-5-13-28/h2-3,6-11,22-23,26,29H,1,4-5,12-17H2,(H,27,30). The van der Waals surface area contributed by atoms with Gasteiger partial charge >= 0.3 is 0 Å². The Morgan fingerprint density at radius 2 is 1.52 bits per heavy atom. The Morgan fingerprint density at radius 3 is 2.16 bits per heavy atom. The SMILES string of the molecule is O=C(NCC(O)CNC1Cc2ccccc2C1)c1ccc(C(=O)N2CCCCC2)cc1. The zero-order chi connectivity index (χ0) is 21.6. The molecule has 0 spiro atoms. The van der Waals surface area contributed by atoms with Crippen LogP contribution in [0, 0.1) is 0 Å². The molecule has 2 amide bonds. The van der Waals surface area contributed by atoms with E-state index in [1.54, 1.807) is 24.3 Å². The van der Waals surface area contributed by atoms with E-state index < -0.39 is 6.10 Å². The summed E-state index contributed by atoms with van der Waals surface area (Å²) in [5.74, 6) is -0.216. The van der Waals surface area contributed by atoms with Gasteiger partial charge in [0.25, 0.3) is 11.8 Å². The largest absolute Gasteiger partial charge is 0.390 e. The van der Waals surface area contributed by atoms with Crippen LogP contribution in [-0.2, 0) is 12.8 Å². The lowest BCUT2D eigenvalue weighted by Gasteiger charge is -2.26. The summed E-state index contributed by atoms with van der Waals surface area (Å²) < 4.78 is 0. The van der Waals surface area contributed by atoms with Crippen LogP contribution in [0.2, 0.25) is 0 Å². The maximum atomic E-state index is 12.5. The van der Waals surface area contributed by atoms with E-state index in [0.717, 1.165) is 38.8 Å². The number of nitrogens with zero attached hydrogens (tertiary/aromatic N) is 1. The number of nitrogens with one attached hydrogen (secondary N) is 2. The van der Waals surface area contributed by atoms with Crippen molar-refractivity contribution in [2.75, 3.05) is 26.2 Å². The average Bonchev–Trinajstić information content (AvgIpc) is 3.24. The van der Waals surface area contributed by atoms with Crippen LogP contribution >= 0.6 is 0 Å². The van der Waals surface area contributed by atoms with Gasteiger partial charge in [-0.05, 0) is 67.5 Å². The number of rotatable bonds is 7. The minimum Gasteiger partial charge on any atom is -0.390 e. The first-order valence-corrected chi connectivity index (χ1v) is 11.3. The summed E-state index contributed by atoms with van der Waals surface area (Å²) in [5.41, 5.74) is 3.83. The Hall–Kier alpha value is -2.70. The van der Waals surface area contributed by atoms with Crippen LogP contribution in [-0.4, -0.2) is 60.1 Å². The van der Waals surface area contributed by atoms with Gasteiger partial charge in [0.05, 0.1) is 6.10 Å². The van der Waals surface area contributed by atoms with Crippen LogP contribution in [0.1, 0.15) is 51.1 Å². The molecule has 0 bridgehead atoms. The second-order valence-corrected chi connectivity index (χ2v) is 8.58. The molecule has 1 aliphatic heterocycles. The van der Waals surface area contributed by atoms with Crippen molar-refractivity contribution < 1.29 is 14.7 Å². The third kappa shape index (κ3) is 5.51. The number of aliphatic hydroxyl groups is 1. The third-order valence-electron chi connectivity index (χ3n) is 6.23. The van der Waals surface area contributed by atoms with E-state index in [-0.39, 0.29) is 18.4 Å². The molecule has 1 fully saturated rings. The van der Waals surface area contributed by atoms with Gasteiger partial charge in [-0.2, -0.15) is 0 Å². The van der Waals surface area contributed by atoms with Gasteiger partial charge in [0.1, 0.15) is 0 Å². The number of aliphatic hydroxyl groups excluding tert-OH is 1. The zero-order valence-corrected chi connectivity index (χ0v) is 17.8. The van der Waals surface area contributed by atoms with E-state index in [9.17, 15) is 14.7 Å². The maximum Gasteiger partial charge on any atom is 0.253 e. The summed E-state index contributed by atoms with van der Waals surface area (Å²) in [7, 11) is 0. The van der Waals surface area contributed by atoms with E-state index in [4.69, 9.17) is 0 Å². The number of fused-ring (bicyclic) bond motifs is 1. The average molecular weight is 422 g/mol. The van der Waals surface area contributed by atoms with Gasteiger partial charge in [-0.15, -0.1) is 0 Å². The quantitative estimate of drug-likeness (QED) is 0.640. The van der Waals surface area contributed by atoms with Crippen molar-refractivity contribution in [1.82, 2.24) is 15.5 Å². The molecule has 31 heavy (non-hydrogen) atoms. The Labute approximate surface area is 183 Å². The summed E-state index contributed by atoms with van der Waals surface area (Å²) in [4.78, 5) is 26.8. The van der Waals surface area contributed by atoms with E-state index in [0.29, 0.717) is 23.7 Å². The minimum atomic E-state index is -0.660. The molecule has 6 nitrogen and oxygen atoms in total. The lowest BCUT2D eigenvalue weighted by atomic mass is 10.1. The van der Waals surface area contributed by atoms with E-state index in [2.05, 4.69) is 34.9 Å². The Morgan fingerprint density at radius 1 is 0.903 bits per heavy atom. The Bertz CT molecular complexity index is 881. The molecule has 4 rings (SSSR count). The van der Waals surface area contributed by atoms with Gasteiger partial charge in [-0.1, -0.05) is 24.3 Å². The summed E-state index contributed by atoms with van der Waals surface area (Å²) >= 11 is 0. The Balaban J connectivity index is 1.20. The molecule has 3 N–H and O–H groups in total. The second-order valence-electron chi connectivity index (χ2n) is 8.58. The molecule has 1 atom stereocenters. The molecule has 0 aromatic heterocycles. The molecule has 2 aliphatic rings. The first kappa shape index (κ1) is 21.5. The van der Waals surface area contributed by atoms with Crippen LogP contribution in [0.25, 0.3) is 0 Å². The van der Waals surface area contributed by atoms with Gasteiger partial charge in [0.2, 0.25) is 0 Å². The molecule has 1 saturated heterocycles. The van der Waals surface area contributed by atoms with Crippen molar-refractivity contribution in [2.24, 2.45) is 0 Å². The number of carbonyl (C=O) groups is 2. The number of benzene rings is 2. The van der Waals surface area contributed by atoms with Crippen molar-refractivity contribution in [2.45, 2.75) is 44.2 Å². The highest BCUT2D eigenvalue weighted by Gasteiger charge is 2.21. The van der Waals surface area contributed by atoms with Gasteiger partial charge in [-0.3, -0.25) is 9.59 Å². The second kappa shape index (κ2) is 10.1. The summed E-state index contributed by atoms with van der Waals surface area (Å²) in [5, 5.41) is 16.4. The van der Waals surface area contributed by atoms with Crippen LogP contribution in [0.3, 0.4) is 0 Å². The molecule has 1 heterocycles. The molecule has 2 aromatic carbocycles. The molecular formula is C25H31N3O3. The Kier molecular flexibility index (Phi) is 6.99. The molecular weight excluding hydrogens is 390 g/mol. The number of piperidine rings is 1. The predicted molar refractivity (Wildman–Crippen MR) is 120 cm³/mol. The van der Waals surface area contributed by atoms with Crippen molar-refractivity contribution >= 4 is 11.8 Å². The number of hydrogen-bond acceptors (Lipinski definition) is 4. The monoisotopic (exact) mass is 421 g/mol. The molecule has 0 saturated carbocycles. The molecule has 1 aliphatic carbocycles. The normalized spacial score (nSPS) is 17.3. The van der Waals surface area contributed by atoms with Crippen LogP contribution in [0.4, 0.5) is 0 Å². The van der Waals surface area contributed by atoms with Crippen molar-refractivity contribution in [3.8, 4) is 0 Å². The summed E-state index contributed by atoms with van der Waals surface area (Å²) in [6, 6.07) is 15.5. The molecule has 164 valence electrons. The number of carbonyl (C=O) groups excluding carboxylic acids is 2. The summed E-state index contributed by atoms with van der Waals surface area (Å²) in [6.07, 6.45) is 4.56. The predicted octanol–water partition coefficient (Wildman–Crippen LogP) is 2.16. The molecule has 1 unspecified atom stereocenters. The molecule has 2 aromatic rings. The highest BCUT2D eigenvalue weighted by atomic mass is 16.3. The fourth-order valence-electron chi connectivity index (χ4n) is 4.43. The fraction of sp³-hybridized carbons (Fsp3) is 0.440. The number of amides is 2. The van der Waals surface area contributed by atoms with E-state index in [1.807, 2.05) is 4.90 Å². The first-order valence-electron chi connectivity index (χ1n) is 11.3. The number of hydrogen-bond donors (Lipinski definition) is 3. The molecule has 6 heteroatoms. The van der Waals surface area contributed by atoms with Crippen LogP contribution < -0.4 is 10.6 Å². The molecule has 0 radical (unpaired) electrons. The third-order valence-corrected chi connectivity index (χ3v) is 6.23. The highest BCUT2D eigenvalue weighted by molar-refractivity contribution is 5.97. The minimum absolute atomic E-state index is 0.0298. The first-order chi connectivity index (χ1) is 15.1.